The van der Waals surface area contributed by atoms with Crippen LogP contribution in [0.1, 0.15) is 38.0 Å². The summed E-state index contributed by atoms with van der Waals surface area (Å²) in [6, 6.07) is 7.64. The predicted molar refractivity (Wildman–Crippen MR) is 107 cm³/mol. The predicted octanol–water partition coefficient (Wildman–Crippen LogP) is 2.24. The average Bonchev–Trinajstić information content (AvgIpc) is 3.38. The summed E-state index contributed by atoms with van der Waals surface area (Å²) in [6.07, 6.45) is 5.87. The van der Waals surface area contributed by atoms with Gasteiger partial charge in [0, 0.05) is 25.8 Å². The number of aliphatic hydroxyl groups is 1. The number of aliphatic imine (C=N–C) groups is 1. The molecule has 0 amide bonds. The summed E-state index contributed by atoms with van der Waals surface area (Å²) < 4.78 is 5.32. The molecule has 1 saturated heterocycles. The minimum absolute atomic E-state index is 0.293. The minimum Gasteiger partial charge on any atom is -0.466 e. The van der Waals surface area contributed by atoms with E-state index in [9.17, 15) is 5.11 Å². The number of pyridine rings is 1. The van der Waals surface area contributed by atoms with Gasteiger partial charge in [0.05, 0.1) is 19.4 Å². The number of furan rings is 1. The van der Waals surface area contributed by atoms with Crippen LogP contribution in [0.15, 0.2) is 46.1 Å². The Labute approximate surface area is 160 Å². The summed E-state index contributed by atoms with van der Waals surface area (Å²) in [7, 11) is 0. The molecule has 1 aliphatic heterocycles. The molecule has 27 heavy (non-hydrogen) atoms. The maximum absolute atomic E-state index is 10.6. The number of rotatable bonds is 7. The zero-order valence-electron chi connectivity index (χ0n) is 16.1. The van der Waals surface area contributed by atoms with Gasteiger partial charge in [0.15, 0.2) is 5.96 Å². The zero-order valence-corrected chi connectivity index (χ0v) is 16.1. The summed E-state index contributed by atoms with van der Waals surface area (Å²) in [5.41, 5.74) is 0.00104. The fourth-order valence-electron chi connectivity index (χ4n) is 3.12. The molecule has 2 aromatic heterocycles. The number of hydrogen-bond donors (Lipinski definition) is 3. The van der Waals surface area contributed by atoms with E-state index in [1.165, 1.54) is 12.8 Å². The SMILES string of the molecule is CCNC(=NCc1ccnc(N2CCCC2)c1)NCC(C)(O)c1ccco1. The van der Waals surface area contributed by atoms with Crippen molar-refractivity contribution in [3.8, 4) is 0 Å². The third-order valence-corrected chi connectivity index (χ3v) is 4.66. The molecule has 1 atom stereocenters. The van der Waals surface area contributed by atoms with E-state index < -0.39 is 5.60 Å². The Balaban J connectivity index is 1.62. The van der Waals surface area contributed by atoms with Crippen molar-refractivity contribution < 1.29 is 9.52 Å². The highest BCUT2D eigenvalue weighted by molar-refractivity contribution is 5.79. The standard InChI is InChI=1S/C20H29N5O2/c1-3-21-19(24-15-20(2,26)17-7-6-12-27-17)23-14-16-8-9-22-18(13-16)25-10-4-5-11-25/h6-9,12-13,26H,3-5,10-11,14-15H2,1-2H3,(H2,21,23,24). The molecule has 2 aromatic rings. The van der Waals surface area contributed by atoms with Gasteiger partial charge >= 0.3 is 0 Å². The van der Waals surface area contributed by atoms with Gasteiger partial charge in [0.2, 0.25) is 0 Å². The minimum atomic E-state index is -1.11. The van der Waals surface area contributed by atoms with Crippen molar-refractivity contribution in [2.45, 2.75) is 38.8 Å². The molecule has 3 heterocycles. The lowest BCUT2D eigenvalue weighted by molar-refractivity contribution is 0.0386. The first-order valence-electron chi connectivity index (χ1n) is 9.57. The monoisotopic (exact) mass is 371 g/mol. The fourth-order valence-corrected chi connectivity index (χ4v) is 3.12. The Hall–Kier alpha value is -2.54. The van der Waals surface area contributed by atoms with Crippen LogP contribution in [0.2, 0.25) is 0 Å². The third kappa shape index (κ3) is 5.23. The van der Waals surface area contributed by atoms with Gasteiger partial charge in [-0.25, -0.2) is 9.98 Å². The second kappa shape index (κ2) is 8.90. The Kier molecular flexibility index (Phi) is 6.34. The highest BCUT2D eigenvalue weighted by Crippen LogP contribution is 2.20. The van der Waals surface area contributed by atoms with Gasteiger partial charge in [-0.1, -0.05) is 0 Å². The lowest BCUT2D eigenvalue weighted by Gasteiger charge is -2.22. The summed E-state index contributed by atoms with van der Waals surface area (Å²) in [5, 5.41) is 17.0. The summed E-state index contributed by atoms with van der Waals surface area (Å²) in [4.78, 5) is 11.4. The Bertz CT molecular complexity index is 737. The first-order chi connectivity index (χ1) is 13.1. The van der Waals surface area contributed by atoms with Crippen LogP contribution in [0, 0.1) is 0 Å². The molecule has 1 fully saturated rings. The molecule has 146 valence electrons. The topological polar surface area (TPSA) is 85.9 Å². The van der Waals surface area contributed by atoms with Gasteiger partial charge in [-0.15, -0.1) is 0 Å². The molecule has 3 N–H and O–H groups in total. The van der Waals surface area contributed by atoms with E-state index >= 15 is 0 Å². The van der Waals surface area contributed by atoms with Crippen molar-refractivity contribution in [1.82, 2.24) is 15.6 Å². The highest BCUT2D eigenvalue weighted by atomic mass is 16.4. The second-order valence-corrected chi connectivity index (χ2v) is 7.02. The highest BCUT2D eigenvalue weighted by Gasteiger charge is 2.26. The number of guanidine groups is 1. The largest absolute Gasteiger partial charge is 0.466 e. The maximum Gasteiger partial charge on any atom is 0.191 e. The summed E-state index contributed by atoms with van der Waals surface area (Å²) in [6.45, 7) is 7.46. The molecular formula is C20H29N5O2. The maximum atomic E-state index is 10.6. The van der Waals surface area contributed by atoms with E-state index in [0.29, 0.717) is 24.8 Å². The molecular weight excluding hydrogens is 342 g/mol. The Morgan fingerprint density at radius 1 is 1.33 bits per heavy atom. The quantitative estimate of drug-likeness (QED) is 0.511. The van der Waals surface area contributed by atoms with E-state index in [1.807, 2.05) is 19.2 Å². The molecule has 7 heteroatoms. The van der Waals surface area contributed by atoms with Crippen molar-refractivity contribution in [1.29, 1.82) is 0 Å². The molecule has 0 aliphatic carbocycles. The zero-order chi connectivity index (χ0) is 19.1. The number of nitrogens with one attached hydrogen (secondary N) is 2. The smallest absolute Gasteiger partial charge is 0.191 e. The van der Waals surface area contributed by atoms with E-state index in [1.54, 1.807) is 25.3 Å². The van der Waals surface area contributed by atoms with Gasteiger partial charge in [0.1, 0.15) is 17.2 Å². The van der Waals surface area contributed by atoms with Crippen LogP contribution < -0.4 is 15.5 Å². The van der Waals surface area contributed by atoms with E-state index in [2.05, 4.69) is 31.6 Å². The lowest BCUT2D eigenvalue weighted by Crippen LogP contribution is -2.44. The molecule has 1 unspecified atom stereocenters. The van der Waals surface area contributed by atoms with E-state index in [-0.39, 0.29) is 0 Å². The second-order valence-electron chi connectivity index (χ2n) is 7.02. The van der Waals surface area contributed by atoms with Gasteiger partial charge in [-0.3, -0.25) is 0 Å². The van der Waals surface area contributed by atoms with Crippen LogP contribution in [0.4, 0.5) is 5.82 Å². The van der Waals surface area contributed by atoms with Crippen LogP contribution in [0.25, 0.3) is 0 Å². The third-order valence-electron chi connectivity index (χ3n) is 4.66. The summed E-state index contributed by atoms with van der Waals surface area (Å²) in [5.74, 6) is 2.21. The van der Waals surface area contributed by atoms with Gasteiger partial charge < -0.3 is 25.1 Å². The molecule has 3 rings (SSSR count). The van der Waals surface area contributed by atoms with E-state index in [0.717, 1.165) is 31.0 Å². The Morgan fingerprint density at radius 3 is 2.85 bits per heavy atom. The van der Waals surface area contributed by atoms with Crippen molar-refractivity contribution in [2.75, 3.05) is 31.1 Å². The van der Waals surface area contributed by atoms with Crippen molar-refractivity contribution in [3.63, 3.8) is 0 Å². The van der Waals surface area contributed by atoms with Gasteiger partial charge in [0.25, 0.3) is 0 Å². The lowest BCUT2D eigenvalue weighted by atomic mass is 10.0. The number of hydrogen-bond acceptors (Lipinski definition) is 5. The molecule has 0 saturated carbocycles. The Morgan fingerprint density at radius 2 is 2.15 bits per heavy atom. The molecule has 7 nitrogen and oxygen atoms in total. The average molecular weight is 371 g/mol. The first kappa shape index (κ1) is 19.2. The van der Waals surface area contributed by atoms with Crippen molar-refractivity contribution in [2.24, 2.45) is 4.99 Å². The normalized spacial score (nSPS) is 17.0. The van der Waals surface area contributed by atoms with Gasteiger partial charge in [-0.2, -0.15) is 0 Å². The molecule has 0 spiro atoms. The number of nitrogens with zero attached hydrogens (tertiary/aromatic N) is 3. The van der Waals surface area contributed by atoms with Crippen LogP contribution in [0.3, 0.4) is 0 Å². The molecule has 0 aromatic carbocycles. The van der Waals surface area contributed by atoms with Gasteiger partial charge in [-0.05, 0) is 56.5 Å². The van der Waals surface area contributed by atoms with Crippen LogP contribution in [-0.4, -0.2) is 42.2 Å². The van der Waals surface area contributed by atoms with Crippen LogP contribution in [0.5, 0.6) is 0 Å². The van der Waals surface area contributed by atoms with Crippen molar-refractivity contribution in [3.05, 3.63) is 48.0 Å². The van der Waals surface area contributed by atoms with Crippen LogP contribution >= 0.6 is 0 Å². The molecule has 1 aliphatic rings. The number of aromatic nitrogens is 1. The van der Waals surface area contributed by atoms with E-state index in [4.69, 9.17) is 4.42 Å². The first-order valence-corrected chi connectivity index (χ1v) is 9.57. The fraction of sp³-hybridized carbons (Fsp3) is 0.500. The molecule has 0 bridgehead atoms. The van der Waals surface area contributed by atoms with Crippen LogP contribution in [-0.2, 0) is 12.1 Å². The molecule has 0 radical (unpaired) electrons. The number of anilines is 1. The summed E-state index contributed by atoms with van der Waals surface area (Å²) >= 11 is 0. The van der Waals surface area contributed by atoms with Crippen molar-refractivity contribution >= 4 is 11.8 Å².